The standard InChI is InChI=1S/C17H15FN2O2S2/c1-10-14(16(21)22-2)15(11-7-8-24-9-11)19-17(23)20(10)13-5-3-12(18)4-6-13/h3-9,15H,1-2H3,(H,19,23). The Bertz CT molecular complexity index is 801. The maximum atomic E-state index is 13.2. The van der Waals surface area contributed by atoms with E-state index in [9.17, 15) is 9.18 Å². The number of thiophene rings is 1. The Kier molecular flexibility index (Phi) is 4.64. The molecular weight excluding hydrogens is 347 g/mol. The van der Waals surface area contributed by atoms with Crippen LogP contribution in [0.4, 0.5) is 10.1 Å². The molecule has 1 aliphatic rings. The van der Waals surface area contributed by atoms with Gasteiger partial charge >= 0.3 is 5.97 Å². The SMILES string of the molecule is COC(=O)C1=C(C)N(c2ccc(F)cc2)C(=S)NC1c1ccsc1. The highest BCUT2D eigenvalue weighted by molar-refractivity contribution is 7.80. The van der Waals surface area contributed by atoms with Crippen LogP contribution in [0.5, 0.6) is 0 Å². The molecule has 3 rings (SSSR count). The Hall–Kier alpha value is -2.25. The quantitative estimate of drug-likeness (QED) is 0.665. The number of carbonyl (C=O) groups excluding carboxylic acids is 1. The Balaban J connectivity index is 2.12. The van der Waals surface area contributed by atoms with Crippen molar-refractivity contribution in [3.8, 4) is 0 Å². The molecule has 1 aliphatic heterocycles. The van der Waals surface area contributed by atoms with Gasteiger partial charge in [0.1, 0.15) is 5.82 Å². The van der Waals surface area contributed by atoms with Crippen LogP contribution in [-0.4, -0.2) is 18.2 Å². The van der Waals surface area contributed by atoms with E-state index in [2.05, 4.69) is 5.32 Å². The molecule has 0 saturated carbocycles. The minimum absolute atomic E-state index is 0.333. The molecule has 124 valence electrons. The van der Waals surface area contributed by atoms with Crippen LogP contribution in [-0.2, 0) is 9.53 Å². The van der Waals surface area contributed by atoms with Crippen LogP contribution in [0.3, 0.4) is 0 Å². The fourth-order valence-corrected chi connectivity index (χ4v) is 3.75. The largest absolute Gasteiger partial charge is 0.466 e. The van der Waals surface area contributed by atoms with Crippen molar-refractivity contribution in [3.05, 3.63) is 63.7 Å². The van der Waals surface area contributed by atoms with Crippen molar-refractivity contribution in [3.63, 3.8) is 0 Å². The van der Waals surface area contributed by atoms with Crippen molar-refractivity contribution in [2.24, 2.45) is 0 Å². The van der Waals surface area contributed by atoms with E-state index < -0.39 is 5.97 Å². The number of carbonyl (C=O) groups is 1. The fraction of sp³-hybridized carbons (Fsp3) is 0.176. The molecule has 1 aromatic heterocycles. The van der Waals surface area contributed by atoms with E-state index in [1.807, 2.05) is 23.8 Å². The number of hydrogen-bond acceptors (Lipinski definition) is 4. The van der Waals surface area contributed by atoms with E-state index >= 15 is 0 Å². The number of nitrogens with one attached hydrogen (secondary N) is 1. The zero-order valence-electron chi connectivity index (χ0n) is 13.1. The Morgan fingerprint density at radius 3 is 2.62 bits per heavy atom. The minimum Gasteiger partial charge on any atom is -0.466 e. The van der Waals surface area contributed by atoms with Gasteiger partial charge in [-0.05, 0) is 65.8 Å². The molecule has 0 amide bonds. The van der Waals surface area contributed by atoms with Crippen LogP contribution in [0, 0.1) is 5.82 Å². The van der Waals surface area contributed by atoms with E-state index in [0.717, 1.165) is 5.56 Å². The summed E-state index contributed by atoms with van der Waals surface area (Å²) in [7, 11) is 1.35. The molecule has 1 unspecified atom stereocenters. The average molecular weight is 362 g/mol. The van der Waals surface area contributed by atoms with Gasteiger partial charge in [0.25, 0.3) is 0 Å². The second kappa shape index (κ2) is 6.70. The number of nitrogens with zero attached hydrogens (tertiary/aromatic N) is 1. The molecule has 7 heteroatoms. The highest BCUT2D eigenvalue weighted by Crippen LogP contribution is 2.34. The monoisotopic (exact) mass is 362 g/mol. The number of thiocarbonyl (C=S) groups is 1. The molecule has 0 radical (unpaired) electrons. The van der Waals surface area contributed by atoms with Crippen LogP contribution in [0.1, 0.15) is 18.5 Å². The highest BCUT2D eigenvalue weighted by atomic mass is 32.1. The van der Waals surface area contributed by atoms with Crippen LogP contribution in [0.25, 0.3) is 0 Å². The summed E-state index contributed by atoms with van der Waals surface area (Å²) in [5, 5.41) is 7.54. The van der Waals surface area contributed by atoms with Crippen molar-refractivity contribution in [1.82, 2.24) is 5.32 Å². The van der Waals surface area contributed by atoms with E-state index in [4.69, 9.17) is 17.0 Å². The topological polar surface area (TPSA) is 41.6 Å². The van der Waals surface area contributed by atoms with Crippen molar-refractivity contribution in [2.75, 3.05) is 12.0 Å². The number of rotatable bonds is 3. The maximum Gasteiger partial charge on any atom is 0.337 e. The normalized spacial score (nSPS) is 17.7. The smallest absolute Gasteiger partial charge is 0.337 e. The third-order valence-corrected chi connectivity index (χ3v) is 4.85. The van der Waals surface area contributed by atoms with Gasteiger partial charge in [-0.1, -0.05) is 0 Å². The van der Waals surface area contributed by atoms with Crippen molar-refractivity contribution < 1.29 is 13.9 Å². The number of methoxy groups -OCH3 is 1. The molecule has 4 nitrogen and oxygen atoms in total. The van der Waals surface area contributed by atoms with Gasteiger partial charge in [-0.3, -0.25) is 4.90 Å². The summed E-state index contributed by atoms with van der Waals surface area (Å²) >= 11 is 7.03. The molecular formula is C17H15FN2O2S2. The molecule has 2 heterocycles. The molecule has 1 aromatic carbocycles. The Morgan fingerprint density at radius 1 is 1.33 bits per heavy atom. The summed E-state index contributed by atoms with van der Waals surface area (Å²) in [6, 6.07) is 7.52. The lowest BCUT2D eigenvalue weighted by molar-refractivity contribution is -0.136. The third kappa shape index (κ3) is 2.92. The fourth-order valence-electron chi connectivity index (χ4n) is 2.71. The number of hydrogen-bond donors (Lipinski definition) is 1. The Morgan fingerprint density at radius 2 is 2.04 bits per heavy atom. The zero-order valence-corrected chi connectivity index (χ0v) is 14.7. The van der Waals surface area contributed by atoms with Crippen molar-refractivity contribution in [2.45, 2.75) is 13.0 Å². The van der Waals surface area contributed by atoms with E-state index in [1.165, 1.54) is 19.2 Å². The van der Waals surface area contributed by atoms with Gasteiger partial charge < -0.3 is 10.1 Å². The van der Waals surface area contributed by atoms with E-state index in [0.29, 0.717) is 22.1 Å². The van der Waals surface area contributed by atoms with Crippen molar-refractivity contribution in [1.29, 1.82) is 0 Å². The van der Waals surface area contributed by atoms with Crippen molar-refractivity contribution >= 4 is 40.3 Å². The first-order valence-corrected chi connectivity index (χ1v) is 8.55. The lowest BCUT2D eigenvalue weighted by atomic mass is 9.97. The van der Waals surface area contributed by atoms with Gasteiger partial charge in [-0.15, -0.1) is 0 Å². The second-order valence-electron chi connectivity index (χ2n) is 5.24. The van der Waals surface area contributed by atoms with Crippen LogP contribution >= 0.6 is 23.6 Å². The predicted molar refractivity (Wildman–Crippen MR) is 96.4 cm³/mol. The molecule has 24 heavy (non-hydrogen) atoms. The van der Waals surface area contributed by atoms with Crippen LogP contribution in [0.15, 0.2) is 52.4 Å². The molecule has 0 aliphatic carbocycles. The molecule has 0 fully saturated rings. The summed E-state index contributed by atoms with van der Waals surface area (Å²) in [4.78, 5) is 14.1. The average Bonchev–Trinajstić information content (AvgIpc) is 3.10. The predicted octanol–water partition coefficient (Wildman–Crippen LogP) is 3.77. The molecule has 2 aromatic rings. The molecule has 1 N–H and O–H groups in total. The van der Waals surface area contributed by atoms with Gasteiger partial charge in [-0.2, -0.15) is 11.3 Å². The Labute approximate surface area is 148 Å². The zero-order chi connectivity index (χ0) is 17.3. The minimum atomic E-state index is -0.425. The summed E-state index contributed by atoms with van der Waals surface area (Å²) in [5.41, 5.74) is 2.76. The number of ether oxygens (including phenoxy) is 1. The summed E-state index contributed by atoms with van der Waals surface area (Å²) in [5.74, 6) is -0.758. The number of allylic oxidation sites excluding steroid dienone is 1. The summed E-state index contributed by atoms with van der Waals surface area (Å²) < 4.78 is 18.2. The highest BCUT2D eigenvalue weighted by Gasteiger charge is 2.35. The number of halogens is 1. The van der Waals surface area contributed by atoms with E-state index in [-0.39, 0.29) is 11.9 Å². The first kappa shape index (κ1) is 16.6. The number of esters is 1. The molecule has 0 saturated heterocycles. The van der Waals surface area contributed by atoms with Gasteiger partial charge in [0.05, 0.1) is 18.7 Å². The van der Waals surface area contributed by atoms with Crippen LogP contribution < -0.4 is 10.2 Å². The lowest BCUT2D eigenvalue weighted by Crippen LogP contribution is -2.48. The van der Waals surface area contributed by atoms with Gasteiger partial charge in [0.2, 0.25) is 0 Å². The third-order valence-electron chi connectivity index (χ3n) is 3.85. The first-order valence-electron chi connectivity index (χ1n) is 7.20. The van der Waals surface area contributed by atoms with Crippen LogP contribution in [0.2, 0.25) is 0 Å². The van der Waals surface area contributed by atoms with Gasteiger partial charge in [-0.25, -0.2) is 9.18 Å². The number of benzene rings is 1. The number of anilines is 1. The van der Waals surface area contributed by atoms with E-state index in [1.54, 1.807) is 28.4 Å². The molecule has 0 bridgehead atoms. The maximum absolute atomic E-state index is 13.2. The van der Waals surface area contributed by atoms with Gasteiger partial charge in [0.15, 0.2) is 5.11 Å². The summed E-state index contributed by atoms with van der Waals surface area (Å²) in [6.07, 6.45) is 0. The molecule has 0 spiro atoms. The van der Waals surface area contributed by atoms with Gasteiger partial charge in [0, 0.05) is 11.4 Å². The lowest BCUT2D eigenvalue weighted by Gasteiger charge is -2.37. The molecule has 1 atom stereocenters. The second-order valence-corrected chi connectivity index (χ2v) is 6.41. The summed E-state index contributed by atoms with van der Waals surface area (Å²) in [6.45, 7) is 1.81. The first-order chi connectivity index (χ1) is 11.5.